The number of anilines is 1. The number of benzene rings is 1. The van der Waals surface area contributed by atoms with Crippen molar-refractivity contribution in [3.63, 3.8) is 0 Å². The zero-order chi connectivity index (χ0) is 14.7. The molecule has 116 valence electrons. The first-order valence-electron chi connectivity index (χ1n) is 7.77. The lowest BCUT2D eigenvalue weighted by molar-refractivity contribution is 0.0783. The van der Waals surface area contributed by atoms with Crippen molar-refractivity contribution in [2.45, 2.75) is 18.4 Å². The van der Waals surface area contributed by atoms with Gasteiger partial charge in [-0.25, -0.2) is 4.39 Å². The standard InChI is InChI=1S/C16H24FN3S/c17-14-1-3-15(4-2-14)19-7-9-20(10-8-19)16(13-18)5-11-21-12-6-16/h1-4H,5-13,18H2. The van der Waals surface area contributed by atoms with E-state index in [1.54, 1.807) is 12.1 Å². The lowest BCUT2D eigenvalue weighted by Gasteiger charge is -2.49. The minimum absolute atomic E-state index is 0.167. The molecular formula is C16H24FN3S. The summed E-state index contributed by atoms with van der Waals surface area (Å²) in [6.07, 6.45) is 2.43. The highest BCUT2D eigenvalue weighted by Crippen LogP contribution is 2.33. The van der Waals surface area contributed by atoms with Gasteiger partial charge in [-0.15, -0.1) is 0 Å². The second-order valence-electron chi connectivity index (χ2n) is 5.99. The Morgan fingerprint density at radius 1 is 1.05 bits per heavy atom. The van der Waals surface area contributed by atoms with Gasteiger partial charge in [0.05, 0.1) is 0 Å². The first kappa shape index (κ1) is 15.1. The molecule has 0 amide bonds. The zero-order valence-electron chi connectivity index (χ0n) is 12.4. The van der Waals surface area contributed by atoms with E-state index in [1.807, 2.05) is 23.9 Å². The van der Waals surface area contributed by atoms with Crippen molar-refractivity contribution in [1.29, 1.82) is 0 Å². The van der Waals surface area contributed by atoms with Crippen LogP contribution < -0.4 is 10.6 Å². The molecule has 0 unspecified atom stereocenters. The van der Waals surface area contributed by atoms with E-state index in [1.165, 1.54) is 24.3 Å². The Morgan fingerprint density at radius 2 is 1.67 bits per heavy atom. The van der Waals surface area contributed by atoms with Crippen LogP contribution in [0.15, 0.2) is 24.3 Å². The molecule has 3 nitrogen and oxygen atoms in total. The van der Waals surface area contributed by atoms with Gasteiger partial charge in [-0.05, 0) is 48.6 Å². The molecule has 1 aromatic carbocycles. The fourth-order valence-electron chi connectivity index (χ4n) is 3.49. The van der Waals surface area contributed by atoms with Crippen molar-refractivity contribution < 1.29 is 4.39 Å². The summed E-state index contributed by atoms with van der Waals surface area (Å²) < 4.78 is 13.0. The molecule has 2 fully saturated rings. The van der Waals surface area contributed by atoms with E-state index in [2.05, 4.69) is 9.80 Å². The molecule has 0 spiro atoms. The summed E-state index contributed by atoms with van der Waals surface area (Å²) in [5, 5.41) is 0. The van der Waals surface area contributed by atoms with Crippen molar-refractivity contribution in [3.8, 4) is 0 Å². The van der Waals surface area contributed by atoms with Crippen LogP contribution in [0.2, 0.25) is 0 Å². The minimum Gasteiger partial charge on any atom is -0.369 e. The predicted octanol–water partition coefficient (Wildman–Crippen LogP) is 2.17. The third-order valence-electron chi connectivity index (χ3n) is 4.95. The van der Waals surface area contributed by atoms with Crippen LogP contribution in [0.4, 0.5) is 10.1 Å². The fraction of sp³-hybridized carbons (Fsp3) is 0.625. The van der Waals surface area contributed by atoms with Gasteiger partial charge in [-0.1, -0.05) is 0 Å². The Labute approximate surface area is 130 Å². The summed E-state index contributed by atoms with van der Waals surface area (Å²) in [5.41, 5.74) is 7.47. The molecule has 21 heavy (non-hydrogen) atoms. The molecule has 0 saturated carbocycles. The molecule has 5 heteroatoms. The molecule has 3 rings (SSSR count). The average molecular weight is 309 g/mol. The summed E-state index contributed by atoms with van der Waals surface area (Å²) in [6.45, 7) is 4.88. The zero-order valence-corrected chi connectivity index (χ0v) is 13.2. The number of hydrogen-bond acceptors (Lipinski definition) is 4. The molecular weight excluding hydrogens is 285 g/mol. The van der Waals surface area contributed by atoms with Gasteiger partial charge in [0, 0.05) is 44.0 Å². The number of nitrogens with two attached hydrogens (primary N) is 1. The minimum atomic E-state index is -0.167. The smallest absolute Gasteiger partial charge is 0.123 e. The summed E-state index contributed by atoms with van der Waals surface area (Å²) >= 11 is 2.05. The molecule has 2 aliphatic rings. The van der Waals surface area contributed by atoms with E-state index >= 15 is 0 Å². The molecule has 0 aromatic heterocycles. The Balaban J connectivity index is 1.63. The van der Waals surface area contributed by atoms with E-state index in [0.29, 0.717) is 0 Å². The van der Waals surface area contributed by atoms with Crippen molar-refractivity contribution in [2.24, 2.45) is 5.73 Å². The van der Waals surface area contributed by atoms with Gasteiger partial charge in [0.1, 0.15) is 5.82 Å². The van der Waals surface area contributed by atoms with Crippen LogP contribution in [0.5, 0.6) is 0 Å². The monoisotopic (exact) mass is 309 g/mol. The maximum Gasteiger partial charge on any atom is 0.123 e. The molecule has 2 aliphatic heterocycles. The highest BCUT2D eigenvalue weighted by Gasteiger charge is 2.38. The molecule has 0 aliphatic carbocycles. The Morgan fingerprint density at radius 3 is 2.24 bits per heavy atom. The van der Waals surface area contributed by atoms with Crippen molar-refractivity contribution in [2.75, 3.05) is 49.1 Å². The maximum atomic E-state index is 13.0. The van der Waals surface area contributed by atoms with E-state index in [-0.39, 0.29) is 11.4 Å². The van der Waals surface area contributed by atoms with Crippen molar-refractivity contribution in [1.82, 2.24) is 4.90 Å². The van der Waals surface area contributed by atoms with E-state index in [0.717, 1.165) is 38.4 Å². The second kappa shape index (κ2) is 6.55. The van der Waals surface area contributed by atoms with E-state index < -0.39 is 0 Å². The van der Waals surface area contributed by atoms with Gasteiger partial charge in [-0.3, -0.25) is 4.90 Å². The summed E-state index contributed by atoms with van der Waals surface area (Å²) in [6, 6.07) is 6.84. The number of thioether (sulfide) groups is 1. The largest absolute Gasteiger partial charge is 0.369 e. The van der Waals surface area contributed by atoms with Crippen molar-refractivity contribution >= 4 is 17.4 Å². The predicted molar refractivity (Wildman–Crippen MR) is 88.5 cm³/mol. The maximum absolute atomic E-state index is 13.0. The quantitative estimate of drug-likeness (QED) is 0.927. The summed E-state index contributed by atoms with van der Waals surface area (Å²) in [7, 11) is 0. The highest BCUT2D eigenvalue weighted by molar-refractivity contribution is 7.99. The van der Waals surface area contributed by atoms with Crippen LogP contribution in [0.1, 0.15) is 12.8 Å². The molecule has 0 radical (unpaired) electrons. The molecule has 2 N–H and O–H groups in total. The Hall–Kier alpha value is -0.780. The highest BCUT2D eigenvalue weighted by atomic mass is 32.2. The van der Waals surface area contributed by atoms with Gasteiger partial charge in [0.15, 0.2) is 0 Å². The number of halogens is 1. The second-order valence-corrected chi connectivity index (χ2v) is 7.22. The van der Waals surface area contributed by atoms with Crippen LogP contribution >= 0.6 is 11.8 Å². The summed E-state index contributed by atoms with van der Waals surface area (Å²) in [5.74, 6) is 2.30. The average Bonchev–Trinajstić information content (AvgIpc) is 2.56. The van der Waals surface area contributed by atoms with Gasteiger partial charge >= 0.3 is 0 Å². The number of rotatable bonds is 3. The van der Waals surface area contributed by atoms with E-state index in [4.69, 9.17) is 5.73 Å². The lowest BCUT2D eigenvalue weighted by atomic mass is 9.89. The summed E-state index contributed by atoms with van der Waals surface area (Å²) in [4.78, 5) is 4.95. The number of nitrogens with zero attached hydrogens (tertiary/aromatic N) is 2. The Bertz CT molecular complexity index is 451. The van der Waals surface area contributed by atoms with Gasteiger partial charge in [-0.2, -0.15) is 11.8 Å². The van der Waals surface area contributed by atoms with Gasteiger partial charge in [0.2, 0.25) is 0 Å². The lowest BCUT2D eigenvalue weighted by Crippen LogP contribution is -2.61. The van der Waals surface area contributed by atoms with Gasteiger partial charge in [0.25, 0.3) is 0 Å². The molecule has 1 aromatic rings. The van der Waals surface area contributed by atoms with E-state index in [9.17, 15) is 4.39 Å². The third kappa shape index (κ3) is 3.20. The normalized spacial score (nSPS) is 23.2. The topological polar surface area (TPSA) is 32.5 Å². The SMILES string of the molecule is NCC1(N2CCN(c3ccc(F)cc3)CC2)CCSCC1. The molecule has 2 heterocycles. The molecule has 0 atom stereocenters. The van der Waals surface area contributed by atoms with Crippen molar-refractivity contribution in [3.05, 3.63) is 30.1 Å². The van der Waals surface area contributed by atoms with Crippen LogP contribution in [-0.4, -0.2) is 54.7 Å². The van der Waals surface area contributed by atoms with Crippen LogP contribution in [0.3, 0.4) is 0 Å². The first-order chi connectivity index (χ1) is 10.2. The van der Waals surface area contributed by atoms with Crippen LogP contribution in [-0.2, 0) is 0 Å². The number of hydrogen-bond donors (Lipinski definition) is 1. The number of piperazine rings is 1. The first-order valence-corrected chi connectivity index (χ1v) is 8.92. The van der Waals surface area contributed by atoms with Crippen LogP contribution in [0.25, 0.3) is 0 Å². The van der Waals surface area contributed by atoms with Gasteiger partial charge < -0.3 is 10.6 Å². The fourth-order valence-corrected chi connectivity index (χ4v) is 4.74. The van der Waals surface area contributed by atoms with Crippen LogP contribution in [0, 0.1) is 5.82 Å². The Kier molecular flexibility index (Phi) is 4.72. The molecule has 2 saturated heterocycles. The molecule has 0 bridgehead atoms. The third-order valence-corrected chi connectivity index (χ3v) is 5.93.